The fourth-order valence-electron chi connectivity index (χ4n) is 0.101. The Morgan fingerprint density at radius 3 is 2.11 bits per heavy atom. The van der Waals surface area contributed by atoms with Gasteiger partial charge in [-0.3, -0.25) is 4.89 Å². The van der Waals surface area contributed by atoms with E-state index in [1.54, 1.807) is 0 Å². The molecular weight excluding hydrogens is 151 g/mol. The summed E-state index contributed by atoms with van der Waals surface area (Å²) in [7, 11) is -4.66. The van der Waals surface area contributed by atoms with Crippen LogP contribution in [0.1, 0.15) is 6.92 Å². The topological polar surface area (TPSA) is 93.1 Å². The minimum Gasteiger partial charge on any atom is -0.301 e. The van der Waals surface area contributed by atoms with Crippen molar-refractivity contribution in [2.24, 2.45) is 0 Å². The van der Waals surface area contributed by atoms with Crippen molar-refractivity contribution < 1.29 is 28.7 Å². The molecule has 2 N–H and O–H groups in total. The van der Waals surface area contributed by atoms with E-state index in [-0.39, 0.29) is 0 Å². The molecule has 0 aromatic carbocycles. The lowest BCUT2D eigenvalue weighted by Crippen LogP contribution is -1.97. The first kappa shape index (κ1) is 8.58. The predicted molar refractivity (Wildman–Crippen MR) is 24.9 cm³/mol. The molecule has 9 heavy (non-hydrogen) atoms. The molecule has 0 radical (unpaired) electrons. The standard InChI is InChI=1S/C2H5O6P/c1-2(3)7-8-9(4,5)6/h1H3,(H2,4,5,6). The summed E-state index contributed by atoms with van der Waals surface area (Å²) < 4.78 is 13.0. The lowest BCUT2D eigenvalue weighted by molar-refractivity contribution is -0.219. The molecule has 0 unspecified atom stereocenters. The molecule has 0 amide bonds. The Bertz CT molecular complexity index is 145. The van der Waals surface area contributed by atoms with Gasteiger partial charge in [-0.1, -0.05) is 4.67 Å². The van der Waals surface area contributed by atoms with Gasteiger partial charge in [-0.2, -0.15) is 0 Å². The van der Waals surface area contributed by atoms with Crippen LogP contribution in [0.2, 0.25) is 0 Å². The van der Waals surface area contributed by atoms with E-state index in [1.165, 1.54) is 0 Å². The van der Waals surface area contributed by atoms with E-state index in [0.717, 1.165) is 6.92 Å². The predicted octanol–water partition coefficient (Wildman–Crippen LogP) is -0.426. The number of phosphoric acid groups is 1. The maximum atomic E-state index is 9.80. The first-order valence-corrected chi connectivity index (χ1v) is 3.37. The molecule has 0 rings (SSSR count). The van der Waals surface area contributed by atoms with Gasteiger partial charge in [0.05, 0.1) is 0 Å². The first-order valence-electron chi connectivity index (χ1n) is 1.84. The van der Waals surface area contributed by atoms with Crippen molar-refractivity contribution in [1.29, 1.82) is 0 Å². The molecule has 0 heterocycles. The number of hydrogen-bond donors (Lipinski definition) is 2. The molecule has 0 saturated heterocycles. The van der Waals surface area contributed by atoms with Gasteiger partial charge in [0.2, 0.25) is 0 Å². The molecule has 0 saturated carbocycles. The maximum Gasteiger partial charge on any atom is 0.505 e. The Morgan fingerprint density at radius 2 is 2.00 bits per heavy atom. The van der Waals surface area contributed by atoms with Gasteiger partial charge >= 0.3 is 13.8 Å². The van der Waals surface area contributed by atoms with Crippen molar-refractivity contribution in [3.63, 3.8) is 0 Å². The average Bonchev–Trinajstić information content (AvgIpc) is 1.59. The second kappa shape index (κ2) is 2.93. The Hall–Kier alpha value is -0.420. The molecule has 0 spiro atoms. The highest BCUT2D eigenvalue weighted by molar-refractivity contribution is 7.46. The van der Waals surface area contributed by atoms with Crippen molar-refractivity contribution in [3.05, 3.63) is 0 Å². The third kappa shape index (κ3) is 7.58. The summed E-state index contributed by atoms with van der Waals surface area (Å²) >= 11 is 0. The van der Waals surface area contributed by atoms with E-state index in [0.29, 0.717) is 0 Å². The van der Waals surface area contributed by atoms with Crippen molar-refractivity contribution in [2.75, 3.05) is 0 Å². The van der Waals surface area contributed by atoms with E-state index >= 15 is 0 Å². The lowest BCUT2D eigenvalue weighted by atomic mass is 10.9. The normalized spacial score (nSPS) is 11.0. The summed E-state index contributed by atoms with van der Waals surface area (Å²) in [6.45, 7) is 0.954. The van der Waals surface area contributed by atoms with E-state index in [2.05, 4.69) is 9.56 Å². The monoisotopic (exact) mass is 156 g/mol. The smallest absolute Gasteiger partial charge is 0.301 e. The molecular formula is C2H5O6P. The van der Waals surface area contributed by atoms with Gasteiger partial charge in [0.1, 0.15) is 0 Å². The van der Waals surface area contributed by atoms with E-state index < -0.39 is 13.8 Å². The highest BCUT2D eigenvalue weighted by atomic mass is 31.2. The van der Waals surface area contributed by atoms with Crippen LogP contribution >= 0.6 is 7.82 Å². The average molecular weight is 156 g/mol. The fraction of sp³-hybridized carbons (Fsp3) is 0.500. The highest BCUT2D eigenvalue weighted by Gasteiger charge is 2.16. The minimum absolute atomic E-state index is 0.918. The molecule has 0 atom stereocenters. The molecule has 7 heteroatoms. The van der Waals surface area contributed by atoms with Crippen LogP contribution in [0.4, 0.5) is 0 Å². The summed E-state index contributed by atoms with van der Waals surface area (Å²) in [4.78, 5) is 29.1. The van der Waals surface area contributed by atoms with E-state index in [4.69, 9.17) is 9.79 Å². The number of carbonyl (C=O) groups excluding carboxylic acids is 1. The number of carbonyl (C=O) groups is 1. The van der Waals surface area contributed by atoms with Gasteiger partial charge in [-0.15, -0.1) is 0 Å². The van der Waals surface area contributed by atoms with Crippen LogP contribution in [0.3, 0.4) is 0 Å². The van der Waals surface area contributed by atoms with Crippen LogP contribution in [-0.2, 0) is 18.9 Å². The van der Waals surface area contributed by atoms with Gasteiger partial charge < -0.3 is 9.79 Å². The van der Waals surface area contributed by atoms with Crippen molar-refractivity contribution in [1.82, 2.24) is 0 Å². The third-order valence-corrected chi connectivity index (χ3v) is 0.520. The molecule has 6 nitrogen and oxygen atoms in total. The maximum absolute atomic E-state index is 9.80. The summed E-state index contributed by atoms with van der Waals surface area (Å²) in [5.41, 5.74) is 0. The Balaban J connectivity index is 3.53. The molecule has 0 fully saturated rings. The summed E-state index contributed by atoms with van der Waals surface area (Å²) in [5.74, 6) is -0.918. The number of rotatable bonds is 2. The zero-order valence-electron chi connectivity index (χ0n) is 4.47. The van der Waals surface area contributed by atoms with Gasteiger partial charge in [0.25, 0.3) is 0 Å². The molecule has 54 valence electrons. The molecule has 0 bridgehead atoms. The molecule has 0 aliphatic carbocycles. The number of hydrogen-bond acceptors (Lipinski definition) is 4. The summed E-state index contributed by atoms with van der Waals surface area (Å²) in [6, 6.07) is 0. The van der Waals surface area contributed by atoms with Gasteiger partial charge in [0.15, 0.2) is 0 Å². The van der Waals surface area contributed by atoms with Crippen LogP contribution < -0.4 is 0 Å². The van der Waals surface area contributed by atoms with Gasteiger partial charge in [0, 0.05) is 6.92 Å². The summed E-state index contributed by atoms with van der Waals surface area (Å²) in [6.07, 6.45) is 0. The van der Waals surface area contributed by atoms with Crippen LogP contribution in [0, 0.1) is 0 Å². The SMILES string of the molecule is CC(=O)OOP(=O)(O)O. The quantitative estimate of drug-likeness (QED) is 0.320. The Kier molecular flexibility index (Phi) is 2.80. The Labute approximate surface area is 50.6 Å². The second-order valence-corrected chi connectivity index (χ2v) is 2.27. The van der Waals surface area contributed by atoms with Crippen LogP contribution in [0.25, 0.3) is 0 Å². The molecule has 0 aromatic heterocycles. The molecule has 0 aliphatic heterocycles. The van der Waals surface area contributed by atoms with Crippen LogP contribution in [0.15, 0.2) is 0 Å². The first-order chi connectivity index (χ1) is 3.92. The van der Waals surface area contributed by atoms with E-state index in [9.17, 15) is 9.36 Å². The molecule has 0 aliphatic rings. The zero-order valence-corrected chi connectivity index (χ0v) is 5.37. The fourth-order valence-corrected chi connectivity index (χ4v) is 0.303. The van der Waals surface area contributed by atoms with Crippen molar-refractivity contribution >= 4 is 13.8 Å². The lowest BCUT2D eigenvalue weighted by Gasteiger charge is -1.99. The summed E-state index contributed by atoms with van der Waals surface area (Å²) in [5, 5.41) is 0. The van der Waals surface area contributed by atoms with Crippen molar-refractivity contribution in [2.45, 2.75) is 6.92 Å². The molecule has 0 aromatic rings. The minimum atomic E-state index is -4.66. The van der Waals surface area contributed by atoms with Crippen molar-refractivity contribution in [3.8, 4) is 0 Å². The van der Waals surface area contributed by atoms with Crippen LogP contribution in [-0.4, -0.2) is 15.8 Å². The Morgan fingerprint density at radius 1 is 1.56 bits per heavy atom. The third-order valence-electron chi connectivity index (χ3n) is 0.252. The largest absolute Gasteiger partial charge is 0.505 e. The van der Waals surface area contributed by atoms with E-state index in [1.807, 2.05) is 0 Å². The highest BCUT2D eigenvalue weighted by Crippen LogP contribution is 2.35. The van der Waals surface area contributed by atoms with Gasteiger partial charge in [-0.05, 0) is 0 Å². The zero-order chi connectivity index (χ0) is 7.49. The van der Waals surface area contributed by atoms with Gasteiger partial charge in [-0.25, -0.2) is 9.36 Å². The van der Waals surface area contributed by atoms with Crippen LogP contribution in [0.5, 0.6) is 0 Å². The second-order valence-electron chi connectivity index (χ2n) is 1.14.